The molecule has 1 aromatic rings. The second-order valence-electron chi connectivity index (χ2n) is 3.00. The third-order valence-electron chi connectivity index (χ3n) is 2.11. The number of morpholine rings is 1. The van der Waals surface area contributed by atoms with Crippen molar-refractivity contribution >= 4 is 27.6 Å². The fraction of sp³-hybridized carbons (Fsp3) is 0.500. The lowest BCUT2D eigenvalue weighted by atomic mass is 10.4. The second-order valence-corrected chi connectivity index (χ2v) is 3.79. The maximum absolute atomic E-state index is 5.67. The van der Waals surface area contributed by atoms with Gasteiger partial charge in [-0.25, -0.2) is 9.97 Å². The first-order valence-corrected chi connectivity index (χ1v) is 5.17. The molecular weight excluding hydrogens is 248 g/mol. The molecule has 2 rings (SSSR count). The van der Waals surface area contributed by atoms with E-state index in [4.69, 9.17) is 10.5 Å². The van der Waals surface area contributed by atoms with E-state index in [0.29, 0.717) is 5.82 Å². The van der Waals surface area contributed by atoms with Gasteiger partial charge >= 0.3 is 0 Å². The first-order valence-electron chi connectivity index (χ1n) is 4.37. The highest BCUT2D eigenvalue weighted by molar-refractivity contribution is 9.10. The van der Waals surface area contributed by atoms with E-state index in [1.54, 1.807) is 0 Å². The molecule has 6 heteroatoms. The van der Waals surface area contributed by atoms with Crippen LogP contribution in [0.25, 0.3) is 0 Å². The van der Waals surface area contributed by atoms with Crippen LogP contribution in [-0.4, -0.2) is 36.3 Å². The van der Waals surface area contributed by atoms with Crippen molar-refractivity contribution in [3.8, 4) is 0 Å². The van der Waals surface area contributed by atoms with Crippen LogP contribution in [0.15, 0.2) is 10.8 Å². The van der Waals surface area contributed by atoms with Gasteiger partial charge in [0.05, 0.1) is 13.2 Å². The molecule has 0 bridgehead atoms. The molecule has 14 heavy (non-hydrogen) atoms. The monoisotopic (exact) mass is 258 g/mol. The molecule has 0 unspecified atom stereocenters. The fourth-order valence-electron chi connectivity index (χ4n) is 1.37. The lowest BCUT2D eigenvalue weighted by Gasteiger charge is -2.28. The lowest BCUT2D eigenvalue weighted by molar-refractivity contribution is 0.122. The molecule has 0 atom stereocenters. The number of ether oxygens (including phenoxy) is 1. The first-order chi connectivity index (χ1) is 6.79. The normalized spacial score (nSPS) is 17.1. The molecule has 5 nitrogen and oxygen atoms in total. The highest BCUT2D eigenvalue weighted by atomic mass is 79.9. The maximum atomic E-state index is 5.67. The lowest BCUT2D eigenvalue weighted by Crippen LogP contribution is -2.37. The van der Waals surface area contributed by atoms with Gasteiger partial charge in [-0.15, -0.1) is 0 Å². The minimum Gasteiger partial charge on any atom is -0.383 e. The van der Waals surface area contributed by atoms with Crippen molar-refractivity contribution in [3.05, 3.63) is 10.8 Å². The summed E-state index contributed by atoms with van der Waals surface area (Å²) in [5, 5.41) is 0. The summed E-state index contributed by atoms with van der Waals surface area (Å²) in [7, 11) is 0. The number of anilines is 2. The summed E-state index contributed by atoms with van der Waals surface area (Å²) in [5.74, 6) is 1.32. The van der Waals surface area contributed by atoms with E-state index in [1.807, 2.05) is 0 Å². The second kappa shape index (κ2) is 4.10. The van der Waals surface area contributed by atoms with Gasteiger partial charge in [0.2, 0.25) is 0 Å². The molecule has 0 spiro atoms. The van der Waals surface area contributed by atoms with Crippen LogP contribution in [0.4, 0.5) is 11.6 Å². The Kier molecular flexibility index (Phi) is 2.83. The van der Waals surface area contributed by atoms with Crippen molar-refractivity contribution < 1.29 is 4.74 Å². The van der Waals surface area contributed by atoms with E-state index < -0.39 is 0 Å². The van der Waals surface area contributed by atoms with Crippen molar-refractivity contribution in [1.82, 2.24) is 9.97 Å². The fourth-order valence-corrected chi connectivity index (χ4v) is 1.82. The summed E-state index contributed by atoms with van der Waals surface area (Å²) >= 11 is 3.38. The number of halogens is 1. The number of nitrogens with zero attached hydrogens (tertiary/aromatic N) is 3. The Balaban J connectivity index is 2.26. The van der Waals surface area contributed by atoms with E-state index >= 15 is 0 Å². The number of rotatable bonds is 1. The zero-order valence-corrected chi connectivity index (χ0v) is 9.20. The Labute approximate surface area is 90.4 Å². The summed E-state index contributed by atoms with van der Waals surface area (Å²) < 4.78 is 6.03. The van der Waals surface area contributed by atoms with Crippen molar-refractivity contribution in [1.29, 1.82) is 0 Å². The SMILES string of the molecule is Nc1ncnc(N2CCOCC2)c1Br. The van der Waals surface area contributed by atoms with Crippen LogP contribution >= 0.6 is 15.9 Å². The topological polar surface area (TPSA) is 64.3 Å². The zero-order valence-electron chi connectivity index (χ0n) is 7.61. The molecule has 0 saturated carbocycles. The van der Waals surface area contributed by atoms with Gasteiger partial charge in [0.15, 0.2) is 0 Å². The first kappa shape index (κ1) is 9.67. The number of hydrogen-bond donors (Lipinski definition) is 1. The highest BCUT2D eigenvalue weighted by Crippen LogP contribution is 2.27. The van der Waals surface area contributed by atoms with Crippen molar-refractivity contribution in [3.63, 3.8) is 0 Å². The van der Waals surface area contributed by atoms with Crippen molar-refractivity contribution in [2.45, 2.75) is 0 Å². The summed E-state index contributed by atoms with van der Waals surface area (Å²) in [5.41, 5.74) is 5.67. The zero-order chi connectivity index (χ0) is 9.97. The van der Waals surface area contributed by atoms with Crippen LogP contribution in [0.1, 0.15) is 0 Å². The van der Waals surface area contributed by atoms with Gasteiger partial charge < -0.3 is 15.4 Å². The highest BCUT2D eigenvalue weighted by Gasteiger charge is 2.16. The molecular formula is C8H11BrN4O. The molecule has 1 aliphatic rings. The van der Waals surface area contributed by atoms with Crippen molar-refractivity contribution in [2.24, 2.45) is 0 Å². The third-order valence-corrected chi connectivity index (χ3v) is 2.87. The number of nitrogens with two attached hydrogens (primary N) is 1. The average molecular weight is 259 g/mol. The summed E-state index contributed by atoms with van der Waals surface area (Å²) in [6.07, 6.45) is 1.48. The van der Waals surface area contributed by atoms with Gasteiger partial charge in [-0.3, -0.25) is 0 Å². The van der Waals surface area contributed by atoms with Crippen LogP contribution < -0.4 is 10.6 Å². The Bertz CT molecular complexity index is 327. The smallest absolute Gasteiger partial charge is 0.148 e. The molecule has 1 saturated heterocycles. The van der Waals surface area contributed by atoms with E-state index in [2.05, 4.69) is 30.8 Å². The molecule has 1 aliphatic heterocycles. The third kappa shape index (κ3) is 1.80. The average Bonchev–Trinajstić information content (AvgIpc) is 2.23. The Morgan fingerprint density at radius 1 is 1.36 bits per heavy atom. The van der Waals surface area contributed by atoms with Gasteiger partial charge in [0.1, 0.15) is 22.4 Å². The number of nitrogen functional groups attached to an aromatic ring is 1. The molecule has 2 heterocycles. The van der Waals surface area contributed by atoms with Crippen LogP contribution in [0.2, 0.25) is 0 Å². The molecule has 0 aliphatic carbocycles. The maximum Gasteiger partial charge on any atom is 0.148 e. The minimum atomic E-state index is 0.474. The minimum absolute atomic E-state index is 0.474. The van der Waals surface area contributed by atoms with Crippen LogP contribution in [0.3, 0.4) is 0 Å². The van der Waals surface area contributed by atoms with Gasteiger partial charge in [-0.2, -0.15) is 0 Å². The molecule has 0 aromatic carbocycles. The van der Waals surface area contributed by atoms with Crippen LogP contribution in [0, 0.1) is 0 Å². The Morgan fingerprint density at radius 3 is 2.79 bits per heavy atom. The molecule has 2 N–H and O–H groups in total. The molecule has 76 valence electrons. The van der Waals surface area contributed by atoms with E-state index in [9.17, 15) is 0 Å². The molecule has 0 amide bonds. The van der Waals surface area contributed by atoms with E-state index in [1.165, 1.54) is 6.33 Å². The predicted molar refractivity (Wildman–Crippen MR) is 57.2 cm³/mol. The van der Waals surface area contributed by atoms with E-state index in [-0.39, 0.29) is 0 Å². The van der Waals surface area contributed by atoms with Gasteiger partial charge in [0, 0.05) is 13.1 Å². The van der Waals surface area contributed by atoms with Gasteiger partial charge in [-0.1, -0.05) is 0 Å². The summed E-state index contributed by atoms with van der Waals surface area (Å²) in [6.45, 7) is 3.15. The molecule has 0 radical (unpaired) electrons. The standard InChI is InChI=1S/C8H11BrN4O/c9-6-7(10)11-5-12-8(6)13-1-3-14-4-2-13/h5H,1-4H2,(H2,10,11,12). The quantitative estimate of drug-likeness (QED) is 0.802. The van der Waals surface area contributed by atoms with Crippen molar-refractivity contribution in [2.75, 3.05) is 36.9 Å². The molecule has 1 fully saturated rings. The molecule has 1 aromatic heterocycles. The summed E-state index contributed by atoms with van der Waals surface area (Å²) in [6, 6.07) is 0. The summed E-state index contributed by atoms with van der Waals surface area (Å²) in [4.78, 5) is 10.2. The number of hydrogen-bond acceptors (Lipinski definition) is 5. The van der Waals surface area contributed by atoms with Gasteiger partial charge in [0.25, 0.3) is 0 Å². The van der Waals surface area contributed by atoms with Crippen LogP contribution in [0.5, 0.6) is 0 Å². The number of aromatic nitrogens is 2. The Hall–Kier alpha value is -0.880. The van der Waals surface area contributed by atoms with E-state index in [0.717, 1.165) is 36.6 Å². The van der Waals surface area contributed by atoms with Crippen LogP contribution in [-0.2, 0) is 4.74 Å². The Morgan fingerprint density at radius 2 is 2.07 bits per heavy atom. The van der Waals surface area contributed by atoms with Gasteiger partial charge in [-0.05, 0) is 15.9 Å². The largest absolute Gasteiger partial charge is 0.383 e. The predicted octanol–water partition coefficient (Wildman–Crippen LogP) is 0.658.